The fourth-order valence-electron chi connectivity index (χ4n) is 4.05. The van der Waals surface area contributed by atoms with Gasteiger partial charge in [-0.1, -0.05) is 24.3 Å². The molecule has 0 amide bonds. The van der Waals surface area contributed by atoms with Gasteiger partial charge in [-0.3, -0.25) is 9.13 Å². The van der Waals surface area contributed by atoms with Crippen LogP contribution in [-0.2, 0) is 13.3 Å². The zero-order valence-corrected chi connectivity index (χ0v) is 18.7. The molecule has 2 aromatic heterocycles. The number of nitrogens with zero attached hydrogens (tertiary/aromatic N) is 2. The van der Waals surface area contributed by atoms with E-state index in [2.05, 4.69) is 57.7 Å². The van der Waals surface area contributed by atoms with E-state index >= 15 is 0 Å². The van der Waals surface area contributed by atoms with Crippen LogP contribution in [0.1, 0.15) is 0 Å². The zero-order valence-electron chi connectivity index (χ0n) is 15.4. The molecule has 0 saturated carbocycles. The first-order valence-corrected chi connectivity index (χ1v) is 12.0. The first kappa shape index (κ1) is 18.6. The van der Waals surface area contributed by atoms with Gasteiger partial charge in [0, 0.05) is 0 Å². The molecule has 4 nitrogen and oxygen atoms in total. The smallest absolute Gasteiger partial charge is 0.166 e. The van der Waals surface area contributed by atoms with Crippen molar-refractivity contribution in [2.24, 2.45) is 0 Å². The number of benzene rings is 2. The van der Waals surface area contributed by atoms with E-state index in [9.17, 15) is 0 Å². The van der Waals surface area contributed by atoms with Crippen LogP contribution in [0.25, 0.3) is 20.4 Å². The van der Waals surface area contributed by atoms with E-state index in [1.165, 1.54) is 20.4 Å². The maximum absolute atomic E-state index is 5.63. The number of quaternary nitrogens is 2. The van der Waals surface area contributed by atoms with Crippen molar-refractivity contribution in [1.29, 1.82) is 0 Å². The second kappa shape index (κ2) is 7.78. The maximum atomic E-state index is 5.63. The molecule has 0 spiro atoms. The number of thiazole rings is 2. The summed E-state index contributed by atoms with van der Waals surface area (Å²) in [5.41, 5.74) is 2.55. The number of hydrogen-bond acceptors (Lipinski definition) is 4. The van der Waals surface area contributed by atoms with Gasteiger partial charge in [0.15, 0.2) is 21.2 Å². The molecule has 0 radical (unpaired) electrons. The summed E-state index contributed by atoms with van der Waals surface area (Å²) in [6.07, 6.45) is 0. The first-order chi connectivity index (χ1) is 13.7. The molecule has 2 aromatic carbocycles. The molecule has 0 unspecified atom stereocenters. The van der Waals surface area contributed by atoms with Gasteiger partial charge in [-0.15, -0.1) is 22.7 Å². The Kier molecular flexibility index (Phi) is 5.17. The van der Waals surface area contributed by atoms with Gasteiger partial charge in [0.25, 0.3) is 0 Å². The second-order valence-corrected chi connectivity index (χ2v) is 10.7. The number of nitrogens with one attached hydrogen (secondary N) is 2. The minimum Gasteiger partial charge on any atom is -0.308 e. The third-order valence-electron chi connectivity index (χ3n) is 5.58. The van der Waals surface area contributed by atoms with E-state index in [4.69, 9.17) is 24.4 Å². The molecule has 4 aromatic rings. The van der Waals surface area contributed by atoms with E-state index in [-0.39, 0.29) is 0 Å². The molecule has 0 atom stereocenters. The minimum absolute atomic E-state index is 0.969. The van der Waals surface area contributed by atoms with Crippen molar-refractivity contribution in [3.05, 3.63) is 56.4 Å². The summed E-state index contributed by atoms with van der Waals surface area (Å²) in [6.45, 7) is 6.59. The van der Waals surface area contributed by atoms with Crippen LogP contribution in [0.4, 0.5) is 0 Å². The van der Waals surface area contributed by atoms with Crippen molar-refractivity contribution in [3.8, 4) is 0 Å². The molecule has 1 saturated heterocycles. The summed E-state index contributed by atoms with van der Waals surface area (Å²) in [5, 5.41) is 0. The van der Waals surface area contributed by atoms with Gasteiger partial charge in [-0.05, 0) is 48.7 Å². The third kappa shape index (κ3) is 3.49. The Hall–Kier alpha value is -1.42. The molecular weight excluding hydrogens is 425 g/mol. The standard InChI is InChI=1S/C20H20N4S4/c25-19-23(15-5-1-3-7-17(15)27-19)13-21-9-11-22(12-10-21)14-24-16-6-2-4-8-18(16)28-20(24)26/h1-8H,9-14H2/p+2. The molecule has 3 heterocycles. The molecular formula is C20H22N4S4+2. The summed E-state index contributed by atoms with van der Waals surface area (Å²) in [6, 6.07) is 17.1. The second-order valence-electron chi connectivity index (χ2n) is 7.34. The Bertz CT molecular complexity index is 1140. The van der Waals surface area contributed by atoms with Gasteiger partial charge in [-0.25, -0.2) is 0 Å². The molecule has 1 fully saturated rings. The van der Waals surface area contributed by atoms with Crippen molar-refractivity contribution < 1.29 is 9.80 Å². The lowest BCUT2D eigenvalue weighted by atomic mass is 10.3. The highest BCUT2D eigenvalue weighted by atomic mass is 32.2. The molecule has 8 heteroatoms. The highest BCUT2D eigenvalue weighted by Gasteiger charge is 2.24. The van der Waals surface area contributed by atoms with Crippen LogP contribution in [0.2, 0.25) is 0 Å². The Morgan fingerprint density at radius 3 is 1.50 bits per heavy atom. The quantitative estimate of drug-likeness (QED) is 0.470. The van der Waals surface area contributed by atoms with Crippen LogP contribution in [0.15, 0.2) is 48.5 Å². The molecule has 5 rings (SSSR count). The monoisotopic (exact) mass is 446 g/mol. The number of aromatic nitrogens is 2. The predicted molar refractivity (Wildman–Crippen MR) is 123 cm³/mol. The molecule has 144 valence electrons. The first-order valence-electron chi connectivity index (χ1n) is 9.53. The van der Waals surface area contributed by atoms with Gasteiger partial charge in [0.05, 0.1) is 20.4 Å². The van der Waals surface area contributed by atoms with Crippen molar-refractivity contribution in [2.45, 2.75) is 13.3 Å². The number of rotatable bonds is 4. The normalized spacial score (nSPS) is 20.1. The van der Waals surface area contributed by atoms with Crippen LogP contribution in [0.5, 0.6) is 0 Å². The topological polar surface area (TPSA) is 18.7 Å². The van der Waals surface area contributed by atoms with Crippen LogP contribution >= 0.6 is 47.1 Å². The highest BCUT2D eigenvalue weighted by Crippen LogP contribution is 2.22. The Morgan fingerprint density at radius 1 is 0.679 bits per heavy atom. The van der Waals surface area contributed by atoms with Gasteiger partial charge < -0.3 is 9.80 Å². The number of para-hydroxylation sites is 2. The number of piperazine rings is 1. The SMILES string of the molecule is S=c1sc2ccccc2n1C[NH+]1CC[NH+](Cn2c(=S)sc3ccccc32)CC1. The Morgan fingerprint density at radius 2 is 1.07 bits per heavy atom. The third-order valence-corrected chi connectivity index (χ3v) is 8.44. The van der Waals surface area contributed by atoms with E-state index in [0.29, 0.717) is 0 Å². The largest absolute Gasteiger partial charge is 0.308 e. The van der Waals surface area contributed by atoms with Gasteiger partial charge in [0.2, 0.25) is 0 Å². The lowest BCUT2D eigenvalue weighted by Gasteiger charge is -2.30. The van der Waals surface area contributed by atoms with E-state index < -0.39 is 0 Å². The summed E-state index contributed by atoms with van der Waals surface area (Å²) in [7, 11) is 0. The predicted octanol–water partition coefficient (Wildman–Crippen LogP) is 2.58. The molecule has 1 aliphatic heterocycles. The van der Waals surface area contributed by atoms with Crippen LogP contribution in [-0.4, -0.2) is 35.3 Å². The van der Waals surface area contributed by atoms with Gasteiger partial charge in [-0.2, -0.15) is 0 Å². The van der Waals surface area contributed by atoms with Crippen molar-refractivity contribution in [3.63, 3.8) is 0 Å². The van der Waals surface area contributed by atoms with Gasteiger partial charge >= 0.3 is 0 Å². The molecule has 2 N–H and O–H groups in total. The van der Waals surface area contributed by atoms with Crippen molar-refractivity contribution in [2.75, 3.05) is 26.2 Å². The summed E-state index contributed by atoms with van der Waals surface area (Å²) < 4.78 is 9.18. The van der Waals surface area contributed by atoms with E-state index in [0.717, 1.165) is 47.4 Å². The van der Waals surface area contributed by atoms with E-state index in [1.807, 2.05) is 0 Å². The average Bonchev–Trinajstić information content (AvgIpc) is 3.20. The fourth-order valence-corrected chi connectivity index (χ4v) is 6.69. The maximum Gasteiger partial charge on any atom is 0.166 e. The lowest BCUT2D eigenvalue weighted by Crippen LogP contribution is -3.27. The Labute approximate surface area is 181 Å². The van der Waals surface area contributed by atoms with Crippen LogP contribution in [0.3, 0.4) is 0 Å². The molecule has 0 aliphatic carbocycles. The Balaban J connectivity index is 1.27. The summed E-state index contributed by atoms with van der Waals surface area (Å²) in [4.78, 5) is 3.23. The molecule has 28 heavy (non-hydrogen) atoms. The zero-order chi connectivity index (χ0) is 19.1. The average molecular weight is 447 g/mol. The fraction of sp³-hybridized carbons (Fsp3) is 0.300. The van der Waals surface area contributed by atoms with Crippen LogP contribution < -0.4 is 9.80 Å². The lowest BCUT2D eigenvalue weighted by molar-refractivity contribution is -1.03. The summed E-state index contributed by atoms with van der Waals surface area (Å²) in [5.74, 6) is 0. The van der Waals surface area contributed by atoms with Gasteiger partial charge in [0.1, 0.15) is 26.2 Å². The number of hydrogen-bond donors (Lipinski definition) is 2. The molecule has 0 bridgehead atoms. The van der Waals surface area contributed by atoms with Crippen LogP contribution in [0, 0.1) is 7.91 Å². The highest BCUT2D eigenvalue weighted by molar-refractivity contribution is 7.74. The van der Waals surface area contributed by atoms with Crippen molar-refractivity contribution >= 4 is 67.5 Å². The van der Waals surface area contributed by atoms with E-state index in [1.54, 1.807) is 32.5 Å². The van der Waals surface area contributed by atoms with Crippen molar-refractivity contribution in [1.82, 2.24) is 9.13 Å². The molecule has 1 aliphatic rings. The number of fused-ring (bicyclic) bond motifs is 2. The summed E-state index contributed by atoms with van der Waals surface area (Å²) >= 11 is 14.7. The minimum atomic E-state index is 0.969.